The fourth-order valence-corrected chi connectivity index (χ4v) is 2.38. The number of aromatic nitrogens is 1. The maximum Gasteiger partial charge on any atom is 0.417 e. The number of alkyl halides is 3. The number of likely N-dealkylation sites (tertiary alicyclic amines) is 1. The fraction of sp³-hybridized carbons (Fsp3) is 0.625. The van der Waals surface area contributed by atoms with Gasteiger partial charge < -0.3 is 14.4 Å². The SMILES string of the molecule is CC(C)(C)OC(=O)N1CCC[C@H]1COc1ccc(C(F)(F)F)cn1. The third-order valence-electron chi connectivity index (χ3n) is 3.49. The quantitative estimate of drug-likeness (QED) is 0.833. The number of amides is 1. The molecule has 0 aromatic carbocycles. The first-order chi connectivity index (χ1) is 11.1. The highest BCUT2D eigenvalue weighted by Crippen LogP contribution is 2.29. The number of carbonyl (C=O) groups is 1. The molecule has 1 aliphatic rings. The van der Waals surface area contributed by atoms with Crippen molar-refractivity contribution in [2.75, 3.05) is 13.2 Å². The van der Waals surface area contributed by atoms with E-state index in [1.165, 1.54) is 6.07 Å². The predicted octanol–water partition coefficient (Wildman–Crippen LogP) is 3.88. The van der Waals surface area contributed by atoms with Crippen LogP contribution < -0.4 is 4.74 Å². The topological polar surface area (TPSA) is 51.7 Å². The van der Waals surface area contributed by atoms with Gasteiger partial charge in [-0.2, -0.15) is 13.2 Å². The van der Waals surface area contributed by atoms with E-state index in [9.17, 15) is 18.0 Å². The lowest BCUT2D eigenvalue weighted by molar-refractivity contribution is -0.137. The van der Waals surface area contributed by atoms with E-state index >= 15 is 0 Å². The van der Waals surface area contributed by atoms with Gasteiger partial charge in [0.1, 0.15) is 12.2 Å². The van der Waals surface area contributed by atoms with Crippen LogP contribution in [0.4, 0.5) is 18.0 Å². The van der Waals surface area contributed by atoms with Crippen LogP contribution in [0.1, 0.15) is 39.2 Å². The van der Waals surface area contributed by atoms with Crippen molar-refractivity contribution in [3.63, 3.8) is 0 Å². The number of pyridine rings is 1. The largest absolute Gasteiger partial charge is 0.475 e. The van der Waals surface area contributed by atoms with Crippen molar-refractivity contribution in [3.8, 4) is 5.88 Å². The molecule has 1 aromatic heterocycles. The zero-order chi connectivity index (χ0) is 18.0. The predicted molar refractivity (Wildman–Crippen MR) is 80.7 cm³/mol. The molecule has 0 N–H and O–H groups in total. The van der Waals surface area contributed by atoms with Crippen LogP contribution in [0.2, 0.25) is 0 Å². The molecule has 2 rings (SSSR count). The molecule has 0 radical (unpaired) electrons. The summed E-state index contributed by atoms with van der Waals surface area (Å²) in [6, 6.07) is 1.92. The summed E-state index contributed by atoms with van der Waals surface area (Å²) in [5.41, 5.74) is -1.41. The van der Waals surface area contributed by atoms with Crippen molar-refractivity contribution in [1.29, 1.82) is 0 Å². The summed E-state index contributed by atoms with van der Waals surface area (Å²) in [4.78, 5) is 17.4. The van der Waals surface area contributed by atoms with Gasteiger partial charge in [-0.05, 0) is 39.7 Å². The van der Waals surface area contributed by atoms with E-state index in [4.69, 9.17) is 9.47 Å². The molecule has 1 aliphatic heterocycles. The first-order valence-electron chi connectivity index (χ1n) is 7.72. The lowest BCUT2D eigenvalue weighted by atomic mass is 10.2. The monoisotopic (exact) mass is 346 g/mol. The minimum absolute atomic E-state index is 0.0963. The molecule has 0 aliphatic carbocycles. The Morgan fingerprint density at radius 2 is 2.04 bits per heavy atom. The van der Waals surface area contributed by atoms with Crippen molar-refractivity contribution < 1.29 is 27.4 Å². The second-order valence-corrected chi connectivity index (χ2v) is 6.66. The van der Waals surface area contributed by atoms with Gasteiger partial charge in [-0.15, -0.1) is 0 Å². The molecule has 1 saturated heterocycles. The molecule has 134 valence electrons. The van der Waals surface area contributed by atoms with Crippen molar-refractivity contribution in [1.82, 2.24) is 9.88 Å². The Labute approximate surface area is 138 Å². The van der Waals surface area contributed by atoms with Gasteiger partial charge in [0.05, 0.1) is 11.6 Å². The molecule has 1 atom stereocenters. The molecule has 0 bridgehead atoms. The summed E-state index contributed by atoms with van der Waals surface area (Å²) in [6.07, 6.45) is -2.53. The Kier molecular flexibility index (Phi) is 5.25. The second-order valence-electron chi connectivity index (χ2n) is 6.66. The molecule has 0 unspecified atom stereocenters. The zero-order valence-corrected chi connectivity index (χ0v) is 13.9. The number of hydrogen-bond donors (Lipinski definition) is 0. The summed E-state index contributed by atoms with van der Waals surface area (Å²) < 4.78 is 48.3. The Morgan fingerprint density at radius 1 is 1.33 bits per heavy atom. The Bertz CT molecular complexity index is 567. The van der Waals surface area contributed by atoms with E-state index in [1.54, 1.807) is 25.7 Å². The number of hydrogen-bond acceptors (Lipinski definition) is 4. The average molecular weight is 346 g/mol. The second kappa shape index (κ2) is 6.86. The summed E-state index contributed by atoms with van der Waals surface area (Å²) in [5.74, 6) is 0.0963. The molecule has 2 heterocycles. The van der Waals surface area contributed by atoms with Crippen LogP contribution in [-0.2, 0) is 10.9 Å². The maximum atomic E-state index is 12.5. The Morgan fingerprint density at radius 3 is 2.58 bits per heavy atom. The van der Waals surface area contributed by atoms with Gasteiger partial charge in [0.15, 0.2) is 0 Å². The standard InChI is InChI=1S/C16H21F3N2O3/c1-15(2,3)24-14(22)21-8-4-5-12(21)10-23-13-7-6-11(9-20-13)16(17,18)19/h6-7,9,12H,4-5,8,10H2,1-3H3/t12-/m0/s1. The number of rotatable bonds is 3. The molecule has 8 heteroatoms. The van der Waals surface area contributed by atoms with Crippen LogP contribution in [0.5, 0.6) is 5.88 Å². The minimum atomic E-state index is -4.43. The lowest BCUT2D eigenvalue weighted by Gasteiger charge is -2.28. The van der Waals surface area contributed by atoms with Gasteiger partial charge >= 0.3 is 12.3 Å². The summed E-state index contributed by atoms with van der Waals surface area (Å²) in [5, 5.41) is 0. The van der Waals surface area contributed by atoms with E-state index < -0.39 is 23.4 Å². The van der Waals surface area contributed by atoms with E-state index in [-0.39, 0.29) is 18.5 Å². The van der Waals surface area contributed by atoms with E-state index in [0.29, 0.717) is 6.54 Å². The number of nitrogens with zero attached hydrogens (tertiary/aromatic N) is 2. The number of halogens is 3. The van der Waals surface area contributed by atoms with E-state index in [2.05, 4.69) is 4.98 Å². The highest BCUT2D eigenvalue weighted by molar-refractivity contribution is 5.69. The van der Waals surface area contributed by atoms with Crippen molar-refractivity contribution in [2.45, 2.75) is 51.4 Å². The van der Waals surface area contributed by atoms with Gasteiger partial charge in [-0.1, -0.05) is 0 Å². The fourth-order valence-electron chi connectivity index (χ4n) is 2.38. The first-order valence-corrected chi connectivity index (χ1v) is 7.72. The third kappa shape index (κ3) is 5.01. The molecule has 0 spiro atoms. The molecule has 24 heavy (non-hydrogen) atoms. The number of ether oxygens (including phenoxy) is 2. The van der Waals surface area contributed by atoms with Gasteiger partial charge in [-0.25, -0.2) is 9.78 Å². The van der Waals surface area contributed by atoms with Gasteiger partial charge in [0.2, 0.25) is 5.88 Å². The van der Waals surface area contributed by atoms with Crippen molar-refractivity contribution >= 4 is 6.09 Å². The zero-order valence-electron chi connectivity index (χ0n) is 13.9. The molecule has 1 amide bonds. The number of carbonyl (C=O) groups excluding carboxylic acids is 1. The highest BCUT2D eigenvalue weighted by Gasteiger charge is 2.33. The smallest absolute Gasteiger partial charge is 0.417 e. The normalized spacial score (nSPS) is 18.6. The summed E-state index contributed by atoms with van der Waals surface area (Å²) in [6.45, 7) is 6.11. The average Bonchev–Trinajstić information content (AvgIpc) is 2.91. The molecule has 1 aromatic rings. The van der Waals surface area contributed by atoms with Crippen LogP contribution >= 0.6 is 0 Å². The van der Waals surface area contributed by atoms with E-state index in [0.717, 1.165) is 25.1 Å². The highest BCUT2D eigenvalue weighted by atomic mass is 19.4. The van der Waals surface area contributed by atoms with Crippen molar-refractivity contribution in [3.05, 3.63) is 23.9 Å². The summed E-state index contributed by atoms with van der Waals surface area (Å²) in [7, 11) is 0. The van der Waals surface area contributed by atoms with Gasteiger partial charge in [-0.3, -0.25) is 0 Å². The first kappa shape index (κ1) is 18.4. The maximum absolute atomic E-state index is 12.5. The van der Waals surface area contributed by atoms with E-state index in [1.807, 2.05) is 0 Å². The molecule has 5 nitrogen and oxygen atoms in total. The van der Waals surface area contributed by atoms with Crippen LogP contribution in [0.25, 0.3) is 0 Å². The van der Waals surface area contributed by atoms with Crippen molar-refractivity contribution in [2.24, 2.45) is 0 Å². The van der Waals surface area contributed by atoms with Gasteiger partial charge in [0, 0.05) is 18.8 Å². The third-order valence-corrected chi connectivity index (χ3v) is 3.49. The molecular formula is C16H21F3N2O3. The molecular weight excluding hydrogens is 325 g/mol. The van der Waals surface area contributed by atoms with Crippen LogP contribution in [0.15, 0.2) is 18.3 Å². The molecule has 0 saturated carbocycles. The molecule has 1 fully saturated rings. The summed E-state index contributed by atoms with van der Waals surface area (Å²) >= 11 is 0. The van der Waals surface area contributed by atoms with Gasteiger partial charge in [0.25, 0.3) is 0 Å². The Balaban J connectivity index is 1.92. The van der Waals surface area contributed by atoms with Crippen LogP contribution in [0, 0.1) is 0 Å². The lowest BCUT2D eigenvalue weighted by Crippen LogP contribution is -2.42. The minimum Gasteiger partial charge on any atom is -0.475 e. The van der Waals surface area contributed by atoms with Crippen LogP contribution in [-0.4, -0.2) is 40.8 Å². The Hall–Kier alpha value is -1.99. The van der Waals surface area contributed by atoms with Crippen LogP contribution in [0.3, 0.4) is 0 Å².